The molecule has 0 spiro atoms. The SMILES string of the molecule is CO/C(C)=N/O[C@@H]1CC[C@H](C)N2C[C@H]1n1cc(C(=O)NCc3ccc(F)cc3F)c(=O)c(OCOC(=O)O[C@@H](C)[C@H](C)OP(=O)(O)O)c1C2=O. The number of aromatic nitrogens is 1. The summed E-state index contributed by atoms with van der Waals surface area (Å²) in [7, 11) is -3.49. The second-order valence-corrected chi connectivity index (χ2v) is 12.8. The molecule has 0 saturated carbocycles. The highest BCUT2D eigenvalue weighted by atomic mass is 31.2. The topological polar surface area (TPSA) is 214 Å². The van der Waals surface area contributed by atoms with Gasteiger partial charge in [0, 0.05) is 43.9 Å². The fourth-order valence-corrected chi connectivity index (χ4v) is 5.88. The van der Waals surface area contributed by atoms with E-state index in [1.54, 1.807) is 6.92 Å². The number of pyridine rings is 1. The molecule has 3 N–H and O–H groups in total. The molecule has 2 aliphatic rings. The van der Waals surface area contributed by atoms with Crippen molar-refractivity contribution < 1.29 is 65.8 Å². The molecular formula is C30H37F2N4O13P. The molecule has 3 heterocycles. The Labute approximate surface area is 284 Å². The minimum atomic E-state index is -4.89. The number of hydrogen-bond acceptors (Lipinski definition) is 12. The molecule has 1 aromatic carbocycles. The Bertz CT molecular complexity index is 1750. The number of carbonyl (C=O) groups is 3. The average molecular weight is 731 g/mol. The van der Waals surface area contributed by atoms with Gasteiger partial charge in [-0.05, 0) is 39.7 Å². The summed E-state index contributed by atoms with van der Waals surface area (Å²) in [5.41, 5.74) is -1.95. The Kier molecular flexibility index (Phi) is 12.2. The maximum Gasteiger partial charge on any atom is 0.511 e. The van der Waals surface area contributed by atoms with E-state index >= 15 is 0 Å². The Morgan fingerprint density at radius 3 is 2.54 bits per heavy atom. The van der Waals surface area contributed by atoms with Crippen LogP contribution in [0.2, 0.25) is 0 Å². The van der Waals surface area contributed by atoms with Crippen LogP contribution < -0.4 is 15.5 Å². The van der Waals surface area contributed by atoms with Crippen LogP contribution in [-0.4, -0.2) is 87.9 Å². The van der Waals surface area contributed by atoms with Crippen LogP contribution in [0.5, 0.6) is 5.75 Å². The molecule has 0 unspecified atom stereocenters. The zero-order chi connectivity index (χ0) is 36.9. The van der Waals surface area contributed by atoms with Gasteiger partial charge in [-0.2, -0.15) is 0 Å². The third kappa shape index (κ3) is 9.15. The van der Waals surface area contributed by atoms with Crippen LogP contribution in [0.3, 0.4) is 0 Å². The van der Waals surface area contributed by atoms with Crippen LogP contribution in [0, 0.1) is 11.6 Å². The zero-order valence-corrected chi connectivity index (χ0v) is 28.6. The van der Waals surface area contributed by atoms with Crippen molar-refractivity contribution in [2.45, 2.75) is 77.5 Å². The quantitative estimate of drug-likeness (QED) is 0.0717. The number of phosphoric ester groups is 1. The molecule has 17 nitrogen and oxygen atoms in total. The van der Waals surface area contributed by atoms with Crippen molar-refractivity contribution in [1.82, 2.24) is 14.8 Å². The highest BCUT2D eigenvalue weighted by Gasteiger charge is 2.44. The molecule has 1 fully saturated rings. The number of nitrogens with zero attached hydrogens (tertiary/aromatic N) is 3. The number of phosphoric acid groups is 1. The van der Waals surface area contributed by atoms with Crippen molar-refractivity contribution in [3.63, 3.8) is 0 Å². The summed E-state index contributed by atoms with van der Waals surface area (Å²) in [5.74, 6) is -3.82. The standard InChI is InChI=1S/C30H37F2N4O13P/c1-15-6-9-24(48-34-18(4)44-5)23-13-35(15)29(39)25-27(45-14-46-30(40)47-16(2)17(3)49-50(41,42)43)26(37)21(12-36(23)25)28(38)33-11-19-7-8-20(31)10-22(19)32/h7-8,10,12,15-17,23-24H,6,9,11,13-14H2,1-5H3,(H,33,38)(H2,41,42,43)/b34-18+/t15-,16-,17-,23+,24+/m0/s1. The van der Waals surface area contributed by atoms with E-state index < -0.39 is 91.9 Å². The molecule has 0 aliphatic carbocycles. The van der Waals surface area contributed by atoms with E-state index in [2.05, 4.69) is 15.0 Å². The molecule has 1 saturated heterocycles. The van der Waals surface area contributed by atoms with Crippen LogP contribution in [0.1, 0.15) is 73.0 Å². The number of benzene rings is 1. The number of fused-ring (bicyclic) bond motifs is 4. The van der Waals surface area contributed by atoms with Gasteiger partial charge < -0.3 is 48.4 Å². The van der Waals surface area contributed by atoms with E-state index in [0.29, 0.717) is 18.9 Å². The number of carbonyl (C=O) groups excluding carboxylic acids is 3. The Balaban J connectivity index is 1.69. The highest BCUT2D eigenvalue weighted by Crippen LogP contribution is 2.39. The zero-order valence-electron chi connectivity index (χ0n) is 27.7. The van der Waals surface area contributed by atoms with Gasteiger partial charge in [0.25, 0.3) is 11.8 Å². The Morgan fingerprint density at radius 1 is 1.16 bits per heavy atom. The summed E-state index contributed by atoms with van der Waals surface area (Å²) in [4.78, 5) is 78.8. The summed E-state index contributed by atoms with van der Waals surface area (Å²) in [6.07, 6.45) is -2.48. The predicted octanol–water partition coefficient (Wildman–Crippen LogP) is 2.98. The lowest BCUT2D eigenvalue weighted by atomic mass is 10.0. The predicted molar refractivity (Wildman–Crippen MR) is 167 cm³/mol. The van der Waals surface area contributed by atoms with Gasteiger partial charge in [0.1, 0.15) is 35.5 Å². The molecule has 4 rings (SSSR count). The van der Waals surface area contributed by atoms with Crippen LogP contribution in [0.4, 0.5) is 13.6 Å². The van der Waals surface area contributed by atoms with Gasteiger partial charge in [-0.15, -0.1) is 0 Å². The first-order valence-electron chi connectivity index (χ1n) is 15.3. The van der Waals surface area contributed by atoms with Crippen molar-refractivity contribution in [3.8, 4) is 5.75 Å². The first-order chi connectivity index (χ1) is 23.5. The number of hydrogen-bond donors (Lipinski definition) is 3. The largest absolute Gasteiger partial charge is 0.511 e. The highest BCUT2D eigenvalue weighted by molar-refractivity contribution is 7.46. The summed E-state index contributed by atoms with van der Waals surface area (Å²) in [6.45, 7) is 4.56. The first kappa shape index (κ1) is 38.2. The lowest BCUT2D eigenvalue weighted by molar-refractivity contribution is -0.0403. The molecule has 20 heteroatoms. The summed E-state index contributed by atoms with van der Waals surface area (Å²) < 4.78 is 65.1. The summed E-state index contributed by atoms with van der Waals surface area (Å²) in [6, 6.07) is 1.73. The fraction of sp³-hybridized carbons (Fsp3) is 0.500. The van der Waals surface area contributed by atoms with Crippen LogP contribution in [0.25, 0.3) is 0 Å². The third-order valence-corrected chi connectivity index (χ3v) is 8.77. The second-order valence-electron chi connectivity index (χ2n) is 11.6. The molecular weight excluding hydrogens is 693 g/mol. The third-order valence-electron chi connectivity index (χ3n) is 8.16. The molecule has 2 aromatic rings. The molecule has 5 atom stereocenters. The van der Waals surface area contributed by atoms with Crippen molar-refractivity contribution >= 4 is 31.7 Å². The Hall–Kier alpha value is -4.58. The average Bonchev–Trinajstić information content (AvgIpc) is 3.18. The van der Waals surface area contributed by atoms with Crippen LogP contribution in [0.15, 0.2) is 34.3 Å². The summed E-state index contributed by atoms with van der Waals surface area (Å²) in [5, 5.41) is 6.40. The van der Waals surface area contributed by atoms with E-state index in [1.807, 2.05) is 6.92 Å². The number of oxime groups is 1. The second kappa shape index (κ2) is 16.0. The lowest BCUT2D eigenvalue weighted by Crippen LogP contribution is -2.49. The van der Waals surface area contributed by atoms with Gasteiger partial charge >= 0.3 is 14.0 Å². The van der Waals surface area contributed by atoms with Gasteiger partial charge in [-0.3, -0.25) is 18.9 Å². The van der Waals surface area contributed by atoms with E-state index in [4.69, 9.17) is 33.6 Å². The van der Waals surface area contributed by atoms with Gasteiger partial charge in [0.15, 0.2) is 5.69 Å². The molecule has 2 bridgehead atoms. The number of amides is 2. The van der Waals surface area contributed by atoms with E-state index in [0.717, 1.165) is 18.3 Å². The van der Waals surface area contributed by atoms with Gasteiger partial charge in [0.05, 0.1) is 13.2 Å². The molecule has 0 radical (unpaired) electrons. The van der Waals surface area contributed by atoms with Crippen molar-refractivity contribution in [3.05, 3.63) is 63.1 Å². The monoisotopic (exact) mass is 730 g/mol. The number of methoxy groups -OCH3 is 1. The smallest absolute Gasteiger partial charge is 0.482 e. The van der Waals surface area contributed by atoms with Crippen molar-refractivity contribution in [2.75, 3.05) is 20.4 Å². The maximum atomic E-state index is 14.3. The maximum absolute atomic E-state index is 14.3. The fourth-order valence-electron chi connectivity index (χ4n) is 5.27. The van der Waals surface area contributed by atoms with E-state index in [9.17, 15) is 32.5 Å². The van der Waals surface area contributed by atoms with Gasteiger partial charge in [-0.25, -0.2) is 18.1 Å². The van der Waals surface area contributed by atoms with Gasteiger partial charge in [-0.1, -0.05) is 11.2 Å². The molecule has 2 aliphatic heterocycles. The number of nitrogens with one attached hydrogen (secondary N) is 1. The number of halogens is 2. The van der Waals surface area contributed by atoms with Crippen LogP contribution >= 0.6 is 7.82 Å². The van der Waals surface area contributed by atoms with Crippen molar-refractivity contribution in [2.24, 2.45) is 5.16 Å². The molecule has 274 valence electrons. The first-order valence-corrected chi connectivity index (χ1v) is 16.8. The van der Waals surface area contributed by atoms with E-state index in [-0.39, 0.29) is 29.7 Å². The minimum absolute atomic E-state index is 0.0700. The number of rotatable bonds is 12. The lowest BCUT2D eigenvalue weighted by Gasteiger charge is -2.38. The molecule has 1 aromatic heterocycles. The van der Waals surface area contributed by atoms with Crippen LogP contribution in [-0.2, 0) is 34.7 Å². The van der Waals surface area contributed by atoms with Gasteiger partial charge in [0.2, 0.25) is 23.9 Å². The minimum Gasteiger partial charge on any atom is -0.482 e. The van der Waals surface area contributed by atoms with E-state index in [1.165, 1.54) is 30.4 Å². The van der Waals surface area contributed by atoms with Crippen molar-refractivity contribution in [1.29, 1.82) is 0 Å². The normalized spacial score (nSPS) is 20.2. The summed E-state index contributed by atoms with van der Waals surface area (Å²) >= 11 is 0. The molecule has 2 amide bonds. The number of ether oxygens (including phenoxy) is 4. The molecule has 50 heavy (non-hydrogen) atoms. The Morgan fingerprint density at radius 2 is 1.88 bits per heavy atom.